The third kappa shape index (κ3) is 2.44. The van der Waals surface area contributed by atoms with E-state index in [-0.39, 0.29) is 11.9 Å². The fourth-order valence-electron chi connectivity index (χ4n) is 2.49. The quantitative estimate of drug-likeness (QED) is 0.927. The Hall–Kier alpha value is -1.79. The highest BCUT2D eigenvalue weighted by atomic mass is 32.1. The summed E-state index contributed by atoms with van der Waals surface area (Å²) in [7, 11) is 1.83. The fraction of sp³-hybridized carbons (Fsp3) is 0.357. The van der Waals surface area contributed by atoms with Gasteiger partial charge in [0.15, 0.2) is 0 Å². The average Bonchev–Trinajstić information content (AvgIpc) is 2.89. The number of rotatable bonds is 3. The number of nitrogens with zero attached hydrogens (tertiary/aromatic N) is 3. The van der Waals surface area contributed by atoms with Crippen LogP contribution in [0.1, 0.15) is 22.2 Å². The van der Waals surface area contributed by atoms with Gasteiger partial charge in [0, 0.05) is 23.8 Å². The van der Waals surface area contributed by atoms with Crippen molar-refractivity contribution in [3.63, 3.8) is 0 Å². The molecule has 20 heavy (non-hydrogen) atoms. The number of fused-ring (bicyclic) bond motifs is 1. The molecule has 1 amide bonds. The van der Waals surface area contributed by atoms with Crippen molar-refractivity contribution in [1.29, 1.82) is 0 Å². The molecular weight excluding hydrogens is 272 g/mol. The second kappa shape index (κ2) is 5.68. The summed E-state index contributed by atoms with van der Waals surface area (Å²) in [5.74, 6) is 0.111. The van der Waals surface area contributed by atoms with Crippen LogP contribution in [0, 0.1) is 0 Å². The summed E-state index contributed by atoms with van der Waals surface area (Å²) in [4.78, 5) is 24.0. The highest BCUT2D eigenvalue weighted by molar-refractivity contribution is 7.10. The van der Waals surface area contributed by atoms with E-state index < -0.39 is 0 Å². The minimum atomic E-state index is -0.246. The molecule has 2 aromatic rings. The van der Waals surface area contributed by atoms with Gasteiger partial charge in [-0.25, -0.2) is 0 Å². The lowest BCUT2D eigenvalue weighted by Crippen LogP contribution is -2.38. The molecule has 6 heteroatoms. The Labute approximate surface area is 121 Å². The van der Waals surface area contributed by atoms with Crippen LogP contribution in [0.15, 0.2) is 30.0 Å². The number of hydrogen-bond donors (Lipinski definition) is 1. The zero-order chi connectivity index (χ0) is 13.9. The number of thiophene rings is 1. The van der Waals surface area contributed by atoms with Gasteiger partial charge in [-0.3, -0.25) is 14.8 Å². The molecule has 3 heterocycles. The Morgan fingerprint density at radius 1 is 1.50 bits per heavy atom. The van der Waals surface area contributed by atoms with E-state index >= 15 is 0 Å². The molecule has 3 rings (SSSR count). The van der Waals surface area contributed by atoms with Crippen LogP contribution >= 0.6 is 11.3 Å². The number of nitrogens with one attached hydrogen (secondary N) is 1. The predicted octanol–water partition coefficient (Wildman–Crippen LogP) is 1.38. The molecule has 0 aromatic carbocycles. The molecular formula is C14H16N4OS. The molecule has 1 aliphatic heterocycles. The lowest BCUT2D eigenvalue weighted by atomic mass is 10.1. The maximum Gasteiger partial charge on any atom is 0.245 e. The van der Waals surface area contributed by atoms with Gasteiger partial charge in [0.05, 0.1) is 18.4 Å². The minimum absolute atomic E-state index is 0.111. The van der Waals surface area contributed by atoms with Gasteiger partial charge in [-0.05, 0) is 30.5 Å². The van der Waals surface area contributed by atoms with Gasteiger partial charge in [-0.1, -0.05) is 0 Å². The van der Waals surface area contributed by atoms with Crippen molar-refractivity contribution in [1.82, 2.24) is 20.2 Å². The summed E-state index contributed by atoms with van der Waals surface area (Å²) in [6, 6.07) is 1.87. The van der Waals surface area contributed by atoms with E-state index in [4.69, 9.17) is 0 Å². The highest BCUT2D eigenvalue weighted by Crippen LogP contribution is 2.29. The molecule has 0 bridgehead atoms. The van der Waals surface area contributed by atoms with Gasteiger partial charge in [-0.15, -0.1) is 11.3 Å². The second-order valence-corrected chi connectivity index (χ2v) is 5.69. The number of likely N-dealkylation sites (N-methyl/N-ethyl adjacent to an activating group) is 1. The van der Waals surface area contributed by atoms with E-state index in [9.17, 15) is 4.79 Å². The topological polar surface area (TPSA) is 58.1 Å². The molecule has 0 radical (unpaired) electrons. The van der Waals surface area contributed by atoms with Crippen LogP contribution in [-0.4, -0.2) is 34.4 Å². The Bertz CT molecular complexity index is 598. The summed E-state index contributed by atoms with van der Waals surface area (Å²) >= 11 is 1.65. The molecule has 0 fully saturated rings. The van der Waals surface area contributed by atoms with E-state index in [1.165, 1.54) is 5.56 Å². The van der Waals surface area contributed by atoms with Crippen LogP contribution < -0.4 is 5.32 Å². The van der Waals surface area contributed by atoms with Crippen molar-refractivity contribution in [2.24, 2.45) is 0 Å². The Balaban J connectivity index is 1.84. The van der Waals surface area contributed by atoms with Gasteiger partial charge in [0.1, 0.15) is 6.04 Å². The minimum Gasteiger partial charge on any atom is -0.335 e. The SMILES string of the molecule is CNC1C(=O)N(Cc2cnccn2)CCc2ccsc21. The molecule has 5 nitrogen and oxygen atoms in total. The van der Waals surface area contributed by atoms with Gasteiger partial charge in [-0.2, -0.15) is 0 Å². The number of carbonyl (C=O) groups excluding carboxylic acids is 1. The van der Waals surface area contributed by atoms with Crippen LogP contribution in [0.5, 0.6) is 0 Å². The summed E-state index contributed by atoms with van der Waals surface area (Å²) in [6.45, 7) is 1.23. The van der Waals surface area contributed by atoms with Crippen molar-refractivity contribution in [3.05, 3.63) is 46.2 Å². The number of carbonyl (C=O) groups is 1. The maximum atomic E-state index is 12.7. The molecule has 0 saturated carbocycles. The monoisotopic (exact) mass is 288 g/mol. The smallest absolute Gasteiger partial charge is 0.245 e. The summed E-state index contributed by atoms with van der Waals surface area (Å²) in [6.07, 6.45) is 5.90. The first-order valence-corrected chi connectivity index (χ1v) is 7.45. The van der Waals surface area contributed by atoms with Crippen molar-refractivity contribution in [3.8, 4) is 0 Å². The van der Waals surface area contributed by atoms with Gasteiger partial charge in [0.2, 0.25) is 5.91 Å². The molecule has 0 aliphatic carbocycles. The molecule has 2 aromatic heterocycles. The number of amides is 1. The Kier molecular flexibility index (Phi) is 3.75. The third-order valence-electron chi connectivity index (χ3n) is 3.51. The summed E-state index contributed by atoms with van der Waals surface area (Å²) in [5, 5.41) is 5.19. The standard InChI is InChI=1S/C14H16N4OS/c1-15-12-13-10(3-7-20-13)2-6-18(14(12)19)9-11-8-16-4-5-17-11/h3-5,7-8,12,15H,2,6,9H2,1H3. The van der Waals surface area contributed by atoms with Crippen LogP contribution in [0.25, 0.3) is 0 Å². The normalized spacial score (nSPS) is 18.8. The molecule has 1 aliphatic rings. The third-order valence-corrected chi connectivity index (χ3v) is 4.53. The van der Waals surface area contributed by atoms with Gasteiger partial charge in [0.25, 0.3) is 0 Å². The van der Waals surface area contributed by atoms with Gasteiger partial charge >= 0.3 is 0 Å². The van der Waals surface area contributed by atoms with E-state index in [2.05, 4.69) is 26.7 Å². The van der Waals surface area contributed by atoms with Crippen molar-refractivity contribution < 1.29 is 4.79 Å². The Morgan fingerprint density at radius 3 is 3.15 bits per heavy atom. The van der Waals surface area contributed by atoms with Crippen molar-refractivity contribution in [2.75, 3.05) is 13.6 Å². The summed E-state index contributed by atoms with van der Waals surface area (Å²) < 4.78 is 0. The highest BCUT2D eigenvalue weighted by Gasteiger charge is 2.30. The van der Waals surface area contributed by atoms with E-state index in [0.717, 1.165) is 23.5 Å². The van der Waals surface area contributed by atoms with E-state index in [1.54, 1.807) is 29.9 Å². The number of aromatic nitrogens is 2. The van der Waals surface area contributed by atoms with Crippen LogP contribution in [0.4, 0.5) is 0 Å². The maximum absolute atomic E-state index is 12.7. The average molecular weight is 288 g/mol. The van der Waals surface area contributed by atoms with Crippen LogP contribution in [0.3, 0.4) is 0 Å². The first-order valence-electron chi connectivity index (χ1n) is 6.57. The van der Waals surface area contributed by atoms with Crippen LogP contribution in [0.2, 0.25) is 0 Å². The number of hydrogen-bond acceptors (Lipinski definition) is 5. The second-order valence-electron chi connectivity index (χ2n) is 4.74. The first-order chi connectivity index (χ1) is 9.79. The molecule has 104 valence electrons. The molecule has 1 unspecified atom stereocenters. The largest absolute Gasteiger partial charge is 0.335 e. The zero-order valence-corrected chi connectivity index (χ0v) is 12.1. The molecule has 0 saturated heterocycles. The fourth-order valence-corrected chi connectivity index (χ4v) is 3.54. The predicted molar refractivity (Wildman–Crippen MR) is 77.3 cm³/mol. The first kappa shape index (κ1) is 13.2. The van der Waals surface area contributed by atoms with Crippen LogP contribution in [-0.2, 0) is 17.8 Å². The van der Waals surface area contributed by atoms with E-state index in [1.807, 2.05) is 11.9 Å². The van der Waals surface area contributed by atoms with Crippen molar-refractivity contribution >= 4 is 17.2 Å². The van der Waals surface area contributed by atoms with Gasteiger partial charge < -0.3 is 10.2 Å². The van der Waals surface area contributed by atoms with Crippen molar-refractivity contribution in [2.45, 2.75) is 19.0 Å². The Morgan fingerprint density at radius 2 is 2.40 bits per heavy atom. The molecule has 1 atom stereocenters. The lowest BCUT2D eigenvalue weighted by molar-refractivity contribution is -0.133. The molecule has 0 spiro atoms. The summed E-state index contributed by atoms with van der Waals surface area (Å²) in [5.41, 5.74) is 2.09. The zero-order valence-electron chi connectivity index (χ0n) is 11.2. The lowest BCUT2D eigenvalue weighted by Gasteiger charge is -2.23. The molecule has 1 N–H and O–H groups in total. The van der Waals surface area contributed by atoms with E-state index in [0.29, 0.717) is 6.54 Å².